The average molecular weight is 438 g/mol. The van der Waals surface area contributed by atoms with Gasteiger partial charge in [-0.3, -0.25) is 5.10 Å². The Bertz CT molecular complexity index is 1240. The van der Waals surface area contributed by atoms with Gasteiger partial charge in [-0.05, 0) is 37.5 Å². The summed E-state index contributed by atoms with van der Waals surface area (Å²) < 4.78 is 41.1. The number of alkyl halides is 3. The van der Waals surface area contributed by atoms with Crippen molar-refractivity contribution in [3.63, 3.8) is 0 Å². The Balaban J connectivity index is 1.61. The maximum absolute atomic E-state index is 13.7. The van der Waals surface area contributed by atoms with Crippen molar-refractivity contribution < 1.29 is 13.2 Å². The van der Waals surface area contributed by atoms with Crippen molar-refractivity contribution >= 4 is 28.5 Å². The summed E-state index contributed by atoms with van der Waals surface area (Å²) in [5.74, 6) is 1.33. The Morgan fingerprint density at radius 2 is 1.66 bits per heavy atom. The molecule has 0 aliphatic carbocycles. The number of hydrogen-bond acceptors (Lipinski definition) is 5. The number of para-hydroxylation sites is 1. The summed E-state index contributed by atoms with van der Waals surface area (Å²) in [6, 6.07) is 14.7. The molecule has 0 unspecified atom stereocenters. The van der Waals surface area contributed by atoms with Crippen LogP contribution in [0.4, 0.5) is 30.8 Å². The SMILES string of the molecule is FC(F)(F)c1ccccc1-c1cc(N2CCCCC2)nc(Nc2n[nH]c3ccccc23)n1. The second-order valence-corrected chi connectivity index (χ2v) is 7.77. The molecule has 2 aromatic carbocycles. The predicted octanol–water partition coefficient (Wildman–Crippen LogP) is 5.77. The normalized spacial score (nSPS) is 14.7. The Hall–Kier alpha value is -3.62. The van der Waals surface area contributed by atoms with E-state index in [2.05, 4.69) is 30.4 Å². The number of halogens is 3. The summed E-state index contributed by atoms with van der Waals surface area (Å²) in [6.45, 7) is 1.62. The van der Waals surface area contributed by atoms with Gasteiger partial charge in [-0.2, -0.15) is 23.3 Å². The van der Waals surface area contributed by atoms with Crippen molar-refractivity contribution in [2.24, 2.45) is 0 Å². The minimum Gasteiger partial charge on any atom is -0.356 e. The molecule has 2 aromatic heterocycles. The molecule has 0 radical (unpaired) electrons. The standard InChI is InChI=1S/C23H21F3N6/c24-23(25,26)17-10-4-2-8-15(17)19-14-20(32-12-6-1-7-13-32)28-22(27-19)29-21-16-9-3-5-11-18(16)30-31-21/h2-5,8-11,14H,1,6-7,12-13H2,(H2,27,28,29,30,31). The van der Waals surface area contributed by atoms with Gasteiger partial charge in [0.05, 0.1) is 16.8 Å². The number of aromatic amines is 1. The van der Waals surface area contributed by atoms with E-state index in [4.69, 9.17) is 0 Å². The lowest BCUT2D eigenvalue weighted by Crippen LogP contribution is -2.30. The summed E-state index contributed by atoms with van der Waals surface area (Å²) in [5, 5.41) is 11.2. The second kappa shape index (κ2) is 8.14. The number of hydrogen-bond donors (Lipinski definition) is 2. The van der Waals surface area contributed by atoms with Crippen LogP contribution in [0.1, 0.15) is 24.8 Å². The van der Waals surface area contributed by atoms with Gasteiger partial charge in [0, 0.05) is 30.1 Å². The fourth-order valence-corrected chi connectivity index (χ4v) is 4.03. The number of anilines is 3. The molecule has 32 heavy (non-hydrogen) atoms. The summed E-state index contributed by atoms with van der Waals surface area (Å²) in [6.07, 6.45) is -1.31. The molecular formula is C23H21F3N6. The van der Waals surface area contributed by atoms with Gasteiger partial charge in [-0.25, -0.2) is 4.98 Å². The predicted molar refractivity (Wildman–Crippen MR) is 118 cm³/mol. The molecule has 2 N–H and O–H groups in total. The lowest BCUT2D eigenvalue weighted by molar-refractivity contribution is -0.137. The second-order valence-electron chi connectivity index (χ2n) is 7.77. The number of rotatable bonds is 4. The van der Waals surface area contributed by atoms with Crippen LogP contribution in [-0.2, 0) is 6.18 Å². The van der Waals surface area contributed by atoms with Gasteiger partial charge >= 0.3 is 6.18 Å². The summed E-state index contributed by atoms with van der Waals surface area (Å²) >= 11 is 0. The maximum Gasteiger partial charge on any atom is 0.417 e. The molecular weight excluding hydrogens is 417 g/mol. The van der Waals surface area contributed by atoms with Crippen molar-refractivity contribution in [3.8, 4) is 11.3 Å². The van der Waals surface area contributed by atoms with Gasteiger partial charge in [0.1, 0.15) is 5.82 Å². The molecule has 0 spiro atoms. The smallest absolute Gasteiger partial charge is 0.356 e. The van der Waals surface area contributed by atoms with Crippen LogP contribution >= 0.6 is 0 Å². The topological polar surface area (TPSA) is 69.7 Å². The average Bonchev–Trinajstić information content (AvgIpc) is 3.22. The zero-order valence-corrected chi connectivity index (χ0v) is 17.2. The van der Waals surface area contributed by atoms with E-state index in [1.807, 2.05) is 24.3 Å². The number of fused-ring (bicyclic) bond motifs is 1. The first-order valence-electron chi connectivity index (χ1n) is 10.5. The van der Waals surface area contributed by atoms with Gasteiger partial charge in [-0.15, -0.1) is 0 Å². The van der Waals surface area contributed by atoms with E-state index in [0.717, 1.165) is 49.3 Å². The number of piperidine rings is 1. The minimum absolute atomic E-state index is 0.0237. The Kier molecular flexibility index (Phi) is 5.16. The molecule has 9 heteroatoms. The fraction of sp³-hybridized carbons (Fsp3) is 0.261. The van der Waals surface area contributed by atoms with Crippen LogP contribution in [-0.4, -0.2) is 33.3 Å². The first-order chi connectivity index (χ1) is 15.5. The van der Waals surface area contributed by atoms with E-state index in [0.29, 0.717) is 11.6 Å². The number of benzene rings is 2. The number of nitrogens with zero attached hydrogens (tertiary/aromatic N) is 4. The summed E-state index contributed by atoms with van der Waals surface area (Å²) in [7, 11) is 0. The number of nitrogens with one attached hydrogen (secondary N) is 2. The van der Waals surface area contributed by atoms with Gasteiger partial charge in [-0.1, -0.05) is 30.3 Å². The molecule has 1 aliphatic rings. The quantitative estimate of drug-likeness (QED) is 0.423. The van der Waals surface area contributed by atoms with E-state index >= 15 is 0 Å². The van der Waals surface area contributed by atoms with Crippen molar-refractivity contribution in [2.45, 2.75) is 25.4 Å². The molecule has 4 aromatic rings. The highest BCUT2D eigenvalue weighted by Crippen LogP contribution is 2.37. The molecule has 0 amide bonds. The van der Waals surface area contributed by atoms with Crippen LogP contribution < -0.4 is 10.2 Å². The zero-order chi connectivity index (χ0) is 22.1. The molecule has 0 atom stereocenters. The van der Waals surface area contributed by atoms with Crippen LogP contribution in [0.15, 0.2) is 54.6 Å². The van der Waals surface area contributed by atoms with Crippen molar-refractivity contribution in [1.29, 1.82) is 0 Å². The highest BCUT2D eigenvalue weighted by molar-refractivity contribution is 5.90. The van der Waals surface area contributed by atoms with Crippen molar-refractivity contribution in [2.75, 3.05) is 23.3 Å². The van der Waals surface area contributed by atoms with Crippen LogP contribution in [0.25, 0.3) is 22.2 Å². The van der Waals surface area contributed by atoms with Gasteiger partial charge in [0.2, 0.25) is 5.95 Å². The highest BCUT2D eigenvalue weighted by atomic mass is 19.4. The van der Waals surface area contributed by atoms with Gasteiger partial charge < -0.3 is 10.2 Å². The molecule has 0 bridgehead atoms. The fourth-order valence-electron chi connectivity index (χ4n) is 4.03. The van der Waals surface area contributed by atoms with E-state index < -0.39 is 11.7 Å². The molecule has 0 saturated carbocycles. The largest absolute Gasteiger partial charge is 0.417 e. The first kappa shape index (κ1) is 20.3. The van der Waals surface area contributed by atoms with Gasteiger partial charge in [0.25, 0.3) is 0 Å². The third-order valence-electron chi connectivity index (χ3n) is 5.60. The number of aromatic nitrogens is 4. The zero-order valence-electron chi connectivity index (χ0n) is 17.2. The first-order valence-corrected chi connectivity index (χ1v) is 10.5. The van der Waals surface area contributed by atoms with E-state index in [1.165, 1.54) is 12.1 Å². The van der Waals surface area contributed by atoms with Crippen molar-refractivity contribution in [1.82, 2.24) is 20.2 Å². The summed E-state index contributed by atoms with van der Waals surface area (Å²) in [5.41, 5.74) is 0.357. The summed E-state index contributed by atoms with van der Waals surface area (Å²) in [4.78, 5) is 11.2. The van der Waals surface area contributed by atoms with Crippen LogP contribution in [0.5, 0.6) is 0 Å². The molecule has 1 aliphatic heterocycles. The minimum atomic E-state index is -4.49. The maximum atomic E-state index is 13.7. The third kappa shape index (κ3) is 3.98. The number of H-pyrrole nitrogens is 1. The molecule has 164 valence electrons. The third-order valence-corrected chi connectivity index (χ3v) is 5.60. The van der Waals surface area contributed by atoms with Crippen LogP contribution in [0.3, 0.4) is 0 Å². The highest BCUT2D eigenvalue weighted by Gasteiger charge is 2.34. The Morgan fingerprint density at radius 1 is 0.906 bits per heavy atom. The molecule has 5 rings (SSSR count). The molecule has 6 nitrogen and oxygen atoms in total. The van der Waals surface area contributed by atoms with E-state index in [-0.39, 0.29) is 17.2 Å². The molecule has 1 fully saturated rings. The monoisotopic (exact) mass is 438 g/mol. The lowest BCUT2D eigenvalue weighted by atomic mass is 10.0. The van der Waals surface area contributed by atoms with Crippen LogP contribution in [0.2, 0.25) is 0 Å². The van der Waals surface area contributed by atoms with E-state index in [9.17, 15) is 13.2 Å². The Labute approximate surface area is 182 Å². The van der Waals surface area contributed by atoms with E-state index in [1.54, 1.807) is 12.1 Å². The van der Waals surface area contributed by atoms with Gasteiger partial charge in [0.15, 0.2) is 5.82 Å². The Morgan fingerprint density at radius 3 is 2.47 bits per heavy atom. The molecule has 3 heterocycles. The molecule has 1 saturated heterocycles. The lowest BCUT2D eigenvalue weighted by Gasteiger charge is -2.28. The van der Waals surface area contributed by atoms with Crippen LogP contribution in [0, 0.1) is 0 Å². The van der Waals surface area contributed by atoms with Crippen molar-refractivity contribution in [3.05, 3.63) is 60.2 Å².